The van der Waals surface area contributed by atoms with Crippen LogP contribution in [0.2, 0.25) is 0 Å². The van der Waals surface area contributed by atoms with Gasteiger partial charge in [0.15, 0.2) is 0 Å². The number of primary amides is 1. The quantitative estimate of drug-likeness (QED) is 0.767. The topological polar surface area (TPSA) is 61.6 Å². The van der Waals surface area contributed by atoms with E-state index in [-0.39, 0.29) is 6.10 Å². The predicted octanol–water partition coefficient (Wildman–Crippen LogP) is 1.87. The SMILES string of the molecule is CCC(OC(C)COCc1ccccc1)C(N)=O. The summed E-state index contributed by atoms with van der Waals surface area (Å²) < 4.78 is 11.0. The summed E-state index contributed by atoms with van der Waals surface area (Å²) >= 11 is 0. The van der Waals surface area contributed by atoms with Gasteiger partial charge in [0.2, 0.25) is 5.91 Å². The third-order valence-electron chi connectivity index (χ3n) is 2.55. The molecule has 1 aromatic carbocycles. The molecule has 0 radical (unpaired) electrons. The van der Waals surface area contributed by atoms with E-state index in [9.17, 15) is 4.79 Å². The zero-order chi connectivity index (χ0) is 13.4. The molecule has 0 spiro atoms. The average Bonchev–Trinajstić information content (AvgIpc) is 2.37. The minimum atomic E-state index is -0.527. The van der Waals surface area contributed by atoms with E-state index < -0.39 is 12.0 Å². The van der Waals surface area contributed by atoms with Crippen molar-refractivity contribution in [2.75, 3.05) is 6.61 Å². The molecule has 2 atom stereocenters. The molecule has 0 bridgehead atoms. The normalized spacial score (nSPS) is 14.1. The smallest absolute Gasteiger partial charge is 0.246 e. The summed E-state index contributed by atoms with van der Waals surface area (Å²) in [5, 5.41) is 0. The Bertz CT molecular complexity index is 353. The second kappa shape index (κ2) is 7.84. The first-order valence-corrected chi connectivity index (χ1v) is 6.20. The first kappa shape index (κ1) is 14.7. The van der Waals surface area contributed by atoms with Crippen molar-refractivity contribution in [1.82, 2.24) is 0 Å². The number of rotatable bonds is 8. The van der Waals surface area contributed by atoms with Crippen molar-refractivity contribution >= 4 is 5.91 Å². The highest BCUT2D eigenvalue weighted by molar-refractivity contribution is 5.78. The molecule has 4 nitrogen and oxygen atoms in total. The fourth-order valence-corrected chi connectivity index (χ4v) is 1.60. The van der Waals surface area contributed by atoms with E-state index >= 15 is 0 Å². The van der Waals surface area contributed by atoms with Gasteiger partial charge in [0.05, 0.1) is 19.3 Å². The predicted molar refractivity (Wildman–Crippen MR) is 69.9 cm³/mol. The molecule has 0 aliphatic heterocycles. The summed E-state index contributed by atoms with van der Waals surface area (Å²) in [7, 11) is 0. The van der Waals surface area contributed by atoms with E-state index in [2.05, 4.69) is 0 Å². The summed E-state index contributed by atoms with van der Waals surface area (Å²) in [6.45, 7) is 4.73. The molecular formula is C14H21NO3. The van der Waals surface area contributed by atoms with Gasteiger partial charge in [0.1, 0.15) is 6.10 Å². The molecule has 0 aliphatic carbocycles. The number of hydrogen-bond donors (Lipinski definition) is 1. The van der Waals surface area contributed by atoms with Gasteiger partial charge in [-0.05, 0) is 18.9 Å². The first-order chi connectivity index (χ1) is 8.63. The van der Waals surface area contributed by atoms with Crippen LogP contribution in [0.4, 0.5) is 0 Å². The van der Waals surface area contributed by atoms with Crippen LogP contribution in [0.3, 0.4) is 0 Å². The van der Waals surface area contributed by atoms with E-state index in [1.54, 1.807) is 0 Å². The molecule has 0 fully saturated rings. The maximum absolute atomic E-state index is 11.0. The van der Waals surface area contributed by atoms with E-state index in [1.165, 1.54) is 0 Å². The molecule has 0 heterocycles. The van der Waals surface area contributed by atoms with Gasteiger partial charge in [0, 0.05) is 0 Å². The van der Waals surface area contributed by atoms with E-state index in [0.29, 0.717) is 19.6 Å². The van der Waals surface area contributed by atoms with Gasteiger partial charge in [-0.25, -0.2) is 0 Å². The maximum atomic E-state index is 11.0. The van der Waals surface area contributed by atoms with Gasteiger partial charge in [0.25, 0.3) is 0 Å². The summed E-state index contributed by atoms with van der Waals surface area (Å²) in [4.78, 5) is 11.0. The molecule has 0 aromatic heterocycles. The van der Waals surface area contributed by atoms with Crippen LogP contribution in [0.25, 0.3) is 0 Å². The second-order valence-corrected chi connectivity index (χ2v) is 4.25. The summed E-state index contributed by atoms with van der Waals surface area (Å²) in [5.74, 6) is -0.424. The fourth-order valence-electron chi connectivity index (χ4n) is 1.60. The Morgan fingerprint density at radius 3 is 2.56 bits per heavy atom. The van der Waals surface area contributed by atoms with Gasteiger partial charge in [-0.3, -0.25) is 4.79 Å². The zero-order valence-corrected chi connectivity index (χ0v) is 11.0. The van der Waals surface area contributed by atoms with Crippen LogP contribution in [0.15, 0.2) is 30.3 Å². The highest BCUT2D eigenvalue weighted by atomic mass is 16.5. The lowest BCUT2D eigenvalue weighted by molar-refractivity contribution is -0.135. The summed E-state index contributed by atoms with van der Waals surface area (Å²) in [5.41, 5.74) is 6.33. The molecule has 2 unspecified atom stereocenters. The average molecular weight is 251 g/mol. The minimum Gasteiger partial charge on any atom is -0.374 e. The molecule has 100 valence electrons. The minimum absolute atomic E-state index is 0.147. The van der Waals surface area contributed by atoms with Crippen molar-refractivity contribution < 1.29 is 14.3 Å². The Morgan fingerprint density at radius 1 is 1.33 bits per heavy atom. The Balaban J connectivity index is 2.25. The van der Waals surface area contributed by atoms with E-state index in [0.717, 1.165) is 5.56 Å². The standard InChI is InChI=1S/C14H21NO3/c1-3-13(14(15)16)18-11(2)9-17-10-12-7-5-4-6-8-12/h4-8,11,13H,3,9-10H2,1-2H3,(H2,15,16). The number of amides is 1. The van der Waals surface area contributed by atoms with Crippen molar-refractivity contribution in [1.29, 1.82) is 0 Å². The van der Waals surface area contributed by atoms with Crippen molar-refractivity contribution in [2.45, 2.75) is 39.1 Å². The monoisotopic (exact) mass is 251 g/mol. The van der Waals surface area contributed by atoms with Crippen LogP contribution in [-0.4, -0.2) is 24.7 Å². The van der Waals surface area contributed by atoms with Gasteiger partial charge in [-0.1, -0.05) is 37.3 Å². The maximum Gasteiger partial charge on any atom is 0.246 e. The third kappa shape index (κ3) is 5.29. The Labute approximate surface area is 108 Å². The molecule has 18 heavy (non-hydrogen) atoms. The van der Waals surface area contributed by atoms with Crippen molar-refractivity contribution in [3.63, 3.8) is 0 Å². The Kier molecular flexibility index (Phi) is 6.39. The number of benzene rings is 1. The largest absolute Gasteiger partial charge is 0.374 e. The number of hydrogen-bond acceptors (Lipinski definition) is 3. The molecular weight excluding hydrogens is 230 g/mol. The number of nitrogens with two attached hydrogens (primary N) is 1. The van der Waals surface area contributed by atoms with Crippen LogP contribution < -0.4 is 5.73 Å². The molecule has 2 N–H and O–H groups in total. The zero-order valence-electron chi connectivity index (χ0n) is 11.0. The van der Waals surface area contributed by atoms with E-state index in [1.807, 2.05) is 44.2 Å². The van der Waals surface area contributed by atoms with E-state index in [4.69, 9.17) is 15.2 Å². The molecule has 0 saturated heterocycles. The Morgan fingerprint density at radius 2 is 2.00 bits per heavy atom. The lowest BCUT2D eigenvalue weighted by Crippen LogP contribution is -2.34. The number of ether oxygens (including phenoxy) is 2. The number of carbonyl (C=O) groups is 1. The molecule has 4 heteroatoms. The van der Waals surface area contributed by atoms with Gasteiger partial charge < -0.3 is 15.2 Å². The molecule has 0 aliphatic rings. The molecule has 1 amide bonds. The highest BCUT2D eigenvalue weighted by Gasteiger charge is 2.16. The van der Waals surface area contributed by atoms with Gasteiger partial charge in [-0.15, -0.1) is 0 Å². The van der Waals surface area contributed by atoms with Crippen molar-refractivity contribution in [3.8, 4) is 0 Å². The third-order valence-corrected chi connectivity index (χ3v) is 2.55. The molecule has 0 saturated carbocycles. The summed E-state index contributed by atoms with van der Waals surface area (Å²) in [6, 6.07) is 9.92. The lowest BCUT2D eigenvalue weighted by Gasteiger charge is -2.18. The van der Waals surface area contributed by atoms with Crippen molar-refractivity contribution in [3.05, 3.63) is 35.9 Å². The van der Waals surface area contributed by atoms with Crippen LogP contribution >= 0.6 is 0 Å². The van der Waals surface area contributed by atoms with Crippen LogP contribution in [0.5, 0.6) is 0 Å². The van der Waals surface area contributed by atoms with Crippen molar-refractivity contribution in [2.24, 2.45) is 5.73 Å². The van der Waals surface area contributed by atoms with Gasteiger partial charge in [-0.2, -0.15) is 0 Å². The first-order valence-electron chi connectivity index (χ1n) is 6.20. The second-order valence-electron chi connectivity index (χ2n) is 4.25. The molecule has 1 aromatic rings. The Hall–Kier alpha value is -1.39. The highest BCUT2D eigenvalue weighted by Crippen LogP contribution is 2.05. The fraction of sp³-hybridized carbons (Fsp3) is 0.500. The van der Waals surface area contributed by atoms with Crippen LogP contribution in [-0.2, 0) is 20.9 Å². The van der Waals surface area contributed by atoms with Crippen LogP contribution in [0, 0.1) is 0 Å². The summed E-state index contributed by atoms with van der Waals surface area (Å²) in [6.07, 6.45) is -0.0928. The van der Waals surface area contributed by atoms with Gasteiger partial charge >= 0.3 is 0 Å². The number of carbonyl (C=O) groups excluding carboxylic acids is 1. The lowest BCUT2D eigenvalue weighted by atomic mass is 10.2. The molecule has 1 rings (SSSR count). The van der Waals surface area contributed by atoms with Crippen LogP contribution in [0.1, 0.15) is 25.8 Å².